The summed E-state index contributed by atoms with van der Waals surface area (Å²) in [4.78, 5) is 14.4. The molecule has 0 aliphatic heterocycles. The van der Waals surface area contributed by atoms with Gasteiger partial charge in [0.25, 0.3) is 5.91 Å². The van der Waals surface area contributed by atoms with Gasteiger partial charge in [0.15, 0.2) is 0 Å². The Kier molecular flexibility index (Phi) is 5.92. The zero-order valence-corrected chi connectivity index (χ0v) is 17.7. The lowest BCUT2D eigenvalue weighted by atomic mass is 9.81. The summed E-state index contributed by atoms with van der Waals surface area (Å²) in [7, 11) is 3.51. The molecule has 4 heteroatoms. The molecule has 0 aliphatic rings. The molecule has 0 bridgehead atoms. The van der Waals surface area contributed by atoms with E-state index in [1.807, 2.05) is 49.4 Å². The van der Waals surface area contributed by atoms with E-state index < -0.39 is 5.41 Å². The van der Waals surface area contributed by atoms with Gasteiger partial charge in [0.1, 0.15) is 0 Å². The molecule has 1 amide bonds. The van der Waals surface area contributed by atoms with Crippen molar-refractivity contribution in [3.8, 4) is 0 Å². The summed E-state index contributed by atoms with van der Waals surface area (Å²) in [6.07, 6.45) is 2.18. The van der Waals surface area contributed by atoms with Crippen LogP contribution in [0.5, 0.6) is 0 Å². The molecule has 1 aromatic heterocycles. The van der Waals surface area contributed by atoms with Crippen molar-refractivity contribution in [2.24, 2.45) is 0 Å². The second kappa shape index (κ2) is 8.39. The molecular formula is C25H27N3O. The van der Waals surface area contributed by atoms with Crippen molar-refractivity contribution < 1.29 is 4.79 Å². The molecule has 0 saturated carbocycles. The first kappa shape index (κ1) is 20.5. The molecule has 0 aliphatic carbocycles. The Hall–Kier alpha value is -3.27. The van der Waals surface area contributed by atoms with Gasteiger partial charge in [-0.1, -0.05) is 80.6 Å². The van der Waals surface area contributed by atoms with E-state index in [2.05, 4.69) is 54.4 Å². The van der Waals surface area contributed by atoms with Gasteiger partial charge in [-0.2, -0.15) is 10.2 Å². The van der Waals surface area contributed by atoms with Crippen LogP contribution >= 0.6 is 0 Å². The second-order valence-electron chi connectivity index (χ2n) is 7.96. The monoisotopic (exact) mass is 385 g/mol. The van der Waals surface area contributed by atoms with Crippen LogP contribution in [0.4, 0.5) is 0 Å². The van der Waals surface area contributed by atoms with E-state index in [9.17, 15) is 4.79 Å². The molecular weight excluding hydrogens is 358 g/mol. The summed E-state index contributed by atoms with van der Waals surface area (Å²) in [6, 6.07) is 22.4. The summed E-state index contributed by atoms with van der Waals surface area (Å²) in [5, 5.41) is 8.70. The number of benzene rings is 2. The molecule has 148 valence electrons. The van der Waals surface area contributed by atoms with Crippen LogP contribution in [-0.4, -0.2) is 35.1 Å². The molecule has 0 N–H and O–H groups in total. The second-order valence-corrected chi connectivity index (χ2v) is 7.96. The highest BCUT2D eigenvalue weighted by Crippen LogP contribution is 2.33. The molecule has 3 aromatic rings. The van der Waals surface area contributed by atoms with Crippen LogP contribution in [0, 0.1) is 6.92 Å². The average molecular weight is 386 g/mol. The number of nitrogens with zero attached hydrogens (tertiary/aromatic N) is 3. The molecule has 1 heterocycles. The summed E-state index contributed by atoms with van der Waals surface area (Å²) in [5.74, 6) is -0.0690. The van der Waals surface area contributed by atoms with E-state index in [4.69, 9.17) is 0 Å². The van der Waals surface area contributed by atoms with Crippen molar-refractivity contribution in [1.82, 2.24) is 15.1 Å². The van der Waals surface area contributed by atoms with Crippen molar-refractivity contribution in [3.63, 3.8) is 0 Å². The van der Waals surface area contributed by atoms with Crippen LogP contribution in [0.2, 0.25) is 0 Å². The third-order valence-electron chi connectivity index (χ3n) is 4.84. The Labute approximate surface area is 172 Å². The number of carbonyl (C=O) groups excluding carboxylic acids is 1. The quantitative estimate of drug-likeness (QED) is 0.628. The fraction of sp³-hybridized carbons (Fsp3) is 0.240. The largest absolute Gasteiger partial charge is 0.345 e. The molecule has 3 rings (SSSR count). The Morgan fingerprint density at radius 2 is 1.41 bits per heavy atom. The number of amides is 1. The Morgan fingerprint density at radius 3 is 1.90 bits per heavy atom. The SMILES string of the molecule is Cc1cc(C(=O)N(C)C)c(C(C)(C)C=C(c2ccccc2)c2ccccc2)nn1. The van der Waals surface area contributed by atoms with Crippen molar-refractivity contribution in [2.45, 2.75) is 26.2 Å². The predicted molar refractivity (Wildman–Crippen MR) is 118 cm³/mol. The summed E-state index contributed by atoms with van der Waals surface area (Å²) in [5.41, 5.74) is 4.81. The number of aryl methyl sites for hydroxylation is 1. The molecule has 0 spiro atoms. The number of hydrogen-bond donors (Lipinski definition) is 0. The van der Waals surface area contributed by atoms with Crippen LogP contribution < -0.4 is 0 Å². The topological polar surface area (TPSA) is 46.1 Å². The van der Waals surface area contributed by atoms with Gasteiger partial charge in [0, 0.05) is 19.5 Å². The maximum atomic E-state index is 12.8. The lowest BCUT2D eigenvalue weighted by Crippen LogP contribution is -2.28. The zero-order valence-electron chi connectivity index (χ0n) is 17.7. The van der Waals surface area contributed by atoms with Crippen LogP contribution in [0.1, 0.15) is 46.7 Å². The number of rotatable bonds is 5. The fourth-order valence-electron chi connectivity index (χ4n) is 3.37. The van der Waals surface area contributed by atoms with E-state index in [0.29, 0.717) is 11.3 Å². The minimum absolute atomic E-state index is 0.0690. The molecule has 0 radical (unpaired) electrons. The van der Waals surface area contributed by atoms with Gasteiger partial charge < -0.3 is 4.90 Å². The molecule has 0 atom stereocenters. The first-order valence-corrected chi connectivity index (χ1v) is 9.70. The molecule has 4 nitrogen and oxygen atoms in total. The smallest absolute Gasteiger partial charge is 0.255 e. The maximum Gasteiger partial charge on any atom is 0.255 e. The number of hydrogen-bond acceptors (Lipinski definition) is 3. The van der Waals surface area contributed by atoms with Crippen molar-refractivity contribution in [2.75, 3.05) is 14.1 Å². The van der Waals surface area contributed by atoms with Crippen molar-refractivity contribution in [1.29, 1.82) is 0 Å². The molecule has 0 unspecified atom stereocenters. The maximum absolute atomic E-state index is 12.8. The number of aromatic nitrogens is 2. The zero-order chi connectivity index (χ0) is 21.0. The molecule has 0 saturated heterocycles. The van der Waals surface area contributed by atoms with Crippen LogP contribution in [0.25, 0.3) is 5.57 Å². The summed E-state index contributed by atoms with van der Waals surface area (Å²) < 4.78 is 0. The Bertz CT molecular complexity index is 981. The van der Waals surface area contributed by atoms with Crippen LogP contribution in [-0.2, 0) is 5.41 Å². The van der Waals surface area contributed by atoms with Gasteiger partial charge in [-0.25, -0.2) is 0 Å². The summed E-state index contributed by atoms with van der Waals surface area (Å²) >= 11 is 0. The first-order chi connectivity index (χ1) is 13.8. The Morgan fingerprint density at radius 1 is 0.897 bits per heavy atom. The van der Waals surface area contributed by atoms with Gasteiger partial charge in [-0.15, -0.1) is 0 Å². The lowest BCUT2D eigenvalue weighted by molar-refractivity contribution is 0.0824. The van der Waals surface area contributed by atoms with E-state index in [0.717, 1.165) is 22.4 Å². The molecule has 0 fully saturated rings. The minimum Gasteiger partial charge on any atom is -0.345 e. The third kappa shape index (κ3) is 4.60. The van der Waals surface area contributed by atoms with Crippen LogP contribution in [0.3, 0.4) is 0 Å². The van der Waals surface area contributed by atoms with E-state index >= 15 is 0 Å². The third-order valence-corrected chi connectivity index (χ3v) is 4.84. The normalized spacial score (nSPS) is 11.1. The van der Waals surface area contributed by atoms with Gasteiger partial charge >= 0.3 is 0 Å². The average Bonchev–Trinajstić information content (AvgIpc) is 2.72. The fourth-order valence-corrected chi connectivity index (χ4v) is 3.37. The minimum atomic E-state index is -0.511. The van der Waals surface area contributed by atoms with Crippen LogP contribution in [0.15, 0.2) is 72.8 Å². The Balaban J connectivity index is 2.19. The van der Waals surface area contributed by atoms with E-state index in [1.54, 1.807) is 19.0 Å². The first-order valence-electron chi connectivity index (χ1n) is 9.70. The molecule has 29 heavy (non-hydrogen) atoms. The highest BCUT2D eigenvalue weighted by Gasteiger charge is 2.28. The summed E-state index contributed by atoms with van der Waals surface area (Å²) in [6.45, 7) is 6.00. The van der Waals surface area contributed by atoms with Gasteiger partial charge in [0.05, 0.1) is 17.0 Å². The van der Waals surface area contributed by atoms with Gasteiger partial charge in [-0.05, 0) is 29.7 Å². The lowest BCUT2D eigenvalue weighted by Gasteiger charge is -2.25. The van der Waals surface area contributed by atoms with E-state index in [-0.39, 0.29) is 5.91 Å². The van der Waals surface area contributed by atoms with Crippen molar-refractivity contribution >= 4 is 11.5 Å². The molecule has 2 aromatic carbocycles. The van der Waals surface area contributed by atoms with Crippen molar-refractivity contribution in [3.05, 3.63) is 101 Å². The van der Waals surface area contributed by atoms with E-state index in [1.165, 1.54) is 0 Å². The standard InChI is InChI=1S/C25H27N3O/c1-18-16-21(24(29)28(4)5)23(27-26-18)25(2,3)17-22(19-12-8-6-9-13-19)20-14-10-7-11-15-20/h6-17H,1-5H3. The number of allylic oxidation sites excluding steroid dienone is 1. The predicted octanol–water partition coefficient (Wildman–Crippen LogP) is 4.90. The van der Waals surface area contributed by atoms with Gasteiger partial charge in [0.2, 0.25) is 0 Å². The number of carbonyl (C=O) groups is 1. The highest BCUT2D eigenvalue weighted by atomic mass is 16.2. The highest BCUT2D eigenvalue weighted by molar-refractivity contribution is 5.95. The van der Waals surface area contributed by atoms with Gasteiger partial charge in [-0.3, -0.25) is 4.79 Å².